The van der Waals surface area contributed by atoms with Crippen LogP contribution in [0.25, 0.3) is 22.3 Å². The van der Waals surface area contributed by atoms with Crippen LogP contribution in [0.15, 0.2) is 61.2 Å². The zero-order valence-corrected chi connectivity index (χ0v) is 27.4. The summed E-state index contributed by atoms with van der Waals surface area (Å²) in [5.41, 5.74) is 1.67. The summed E-state index contributed by atoms with van der Waals surface area (Å²) in [5.74, 6) is -1.58. The maximum atomic E-state index is 15.5. The molecule has 2 aliphatic carbocycles. The van der Waals surface area contributed by atoms with Gasteiger partial charge in [-0.25, -0.2) is 13.2 Å². The van der Waals surface area contributed by atoms with E-state index >= 15 is 13.2 Å². The molecule has 0 N–H and O–H groups in total. The number of unbranched alkanes of at least 4 members (excludes halogenated alkanes) is 6. The molecule has 0 aliphatic heterocycles. The molecule has 0 bridgehead atoms. The molecule has 248 valence electrons. The van der Waals surface area contributed by atoms with Crippen LogP contribution in [0.5, 0.6) is 5.75 Å². The third-order valence-electron chi connectivity index (χ3n) is 10.7. The van der Waals surface area contributed by atoms with Gasteiger partial charge in [-0.15, -0.1) is 6.58 Å². The molecule has 2 aliphatic rings. The summed E-state index contributed by atoms with van der Waals surface area (Å²) < 4.78 is 66.3. The van der Waals surface area contributed by atoms with Crippen LogP contribution in [0.4, 0.5) is 17.6 Å². The van der Waals surface area contributed by atoms with Gasteiger partial charge in [-0.3, -0.25) is 0 Å². The van der Waals surface area contributed by atoms with Gasteiger partial charge in [0.25, 0.3) is 0 Å². The maximum Gasteiger partial charge on any atom is 0.201 e. The average molecular weight is 635 g/mol. The molecule has 0 heterocycles. The first kappa shape index (κ1) is 34.3. The Balaban J connectivity index is 1.18. The highest BCUT2D eigenvalue weighted by Crippen LogP contribution is 2.45. The highest BCUT2D eigenvalue weighted by molar-refractivity contribution is 5.72. The largest absolute Gasteiger partial charge is 0.490 e. The Hall–Kier alpha value is -3.08. The zero-order valence-electron chi connectivity index (χ0n) is 27.4. The number of allylic oxidation sites excluding steroid dienone is 1. The van der Waals surface area contributed by atoms with Gasteiger partial charge in [0.05, 0.1) is 6.61 Å². The van der Waals surface area contributed by atoms with Gasteiger partial charge in [-0.1, -0.05) is 87.9 Å². The lowest BCUT2D eigenvalue weighted by atomic mass is 9.68. The van der Waals surface area contributed by atoms with Crippen molar-refractivity contribution in [2.45, 2.75) is 109 Å². The molecule has 0 aromatic heterocycles. The molecule has 5 heteroatoms. The van der Waals surface area contributed by atoms with Crippen LogP contribution in [-0.4, -0.2) is 6.61 Å². The van der Waals surface area contributed by atoms with E-state index in [9.17, 15) is 4.39 Å². The number of hydrogen-bond acceptors (Lipinski definition) is 1. The van der Waals surface area contributed by atoms with E-state index in [1.165, 1.54) is 63.5 Å². The van der Waals surface area contributed by atoms with Gasteiger partial charge in [0, 0.05) is 11.1 Å². The van der Waals surface area contributed by atoms with Crippen LogP contribution in [0.1, 0.15) is 115 Å². The normalized spacial score (nSPS) is 21.7. The number of ether oxygens (including phenoxy) is 1. The Morgan fingerprint density at radius 2 is 1.13 bits per heavy atom. The van der Waals surface area contributed by atoms with Crippen molar-refractivity contribution in [3.63, 3.8) is 0 Å². The predicted octanol–water partition coefficient (Wildman–Crippen LogP) is 13.0. The van der Waals surface area contributed by atoms with Crippen LogP contribution in [0.2, 0.25) is 0 Å². The van der Waals surface area contributed by atoms with Crippen molar-refractivity contribution in [3.8, 4) is 28.0 Å². The SMILES string of the molecule is C=CC1CCC(C2CCC(c3ccc(-c4ccc(-c5ccc(OCCCCCCCCC)c(F)c5F)cc4)c(F)c3F)CC2)CC1. The first-order valence-corrected chi connectivity index (χ1v) is 17.7. The third-order valence-corrected chi connectivity index (χ3v) is 10.7. The number of hydrogen-bond donors (Lipinski definition) is 0. The number of halogens is 4. The molecule has 0 saturated heterocycles. The van der Waals surface area contributed by atoms with Gasteiger partial charge < -0.3 is 4.74 Å². The van der Waals surface area contributed by atoms with Crippen LogP contribution in [-0.2, 0) is 0 Å². The van der Waals surface area contributed by atoms with Crippen molar-refractivity contribution >= 4 is 0 Å². The zero-order chi connectivity index (χ0) is 32.5. The fourth-order valence-corrected chi connectivity index (χ4v) is 7.79. The topological polar surface area (TPSA) is 9.23 Å². The molecule has 0 spiro atoms. The predicted molar refractivity (Wildman–Crippen MR) is 181 cm³/mol. The molecular formula is C41H50F4O. The molecule has 3 aromatic carbocycles. The molecule has 5 rings (SSSR count). The highest BCUT2D eigenvalue weighted by atomic mass is 19.2. The Labute approximate surface area is 273 Å². The number of rotatable bonds is 14. The van der Waals surface area contributed by atoms with Crippen LogP contribution >= 0.6 is 0 Å². The Kier molecular flexibility index (Phi) is 12.4. The summed E-state index contributed by atoms with van der Waals surface area (Å²) in [6.45, 7) is 6.48. The second kappa shape index (κ2) is 16.7. The van der Waals surface area contributed by atoms with E-state index < -0.39 is 23.3 Å². The molecule has 46 heavy (non-hydrogen) atoms. The van der Waals surface area contributed by atoms with E-state index in [1.54, 1.807) is 36.4 Å². The summed E-state index contributed by atoms with van der Waals surface area (Å²) in [4.78, 5) is 0. The highest BCUT2D eigenvalue weighted by Gasteiger charge is 2.32. The summed E-state index contributed by atoms with van der Waals surface area (Å²) in [6.07, 6.45) is 18.8. The van der Waals surface area contributed by atoms with Gasteiger partial charge in [-0.05, 0) is 110 Å². The molecular weight excluding hydrogens is 584 g/mol. The molecule has 0 atom stereocenters. The molecule has 3 aromatic rings. The van der Waals surface area contributed by atoms with E-state index in [-0.39, 0.29) is 22.8 Å². The summed E-state index contributed by atoms with van der Waals surface area (Å²) in [7, 11) is 0. The molecule has 0 radical (unpaired) electrons. The van der Waals surface area contributed by atoms with Crippen LogP contribution < -0.4 is 4.74 Å². The second-order valence-electron chi connectivity index (χ2n) is 13.6. The lowest BCUT2D eigenvalue weighted by Gasteiger charge is -2.37. The fraction of sp³-hybridized carbons (Fsp3) is 0.512. The summed E-state index contributed by atoms with van der Waals surface area (Å²) in [5, 5.41) is 0. The first-order valence-electron chi connectivity index (χ1n) is 17.7. The number of benzene rings is 3. The van der Waals surface area contributed by atoms with Crippen molar-refractivity contribution in [1.82, 2.24) is 0 Å². The maximum absolute atomic E-state index is 15.5. The minimum atomic E-state index is -1.01. The van der Waals surface area contributed by atoms with E-state index in [0.29, 0.717) is 35.1 Å². The average Bonchev–Trinajstić information content (AvgIpc) is 3.09. The van der Waals surface area contributed by atoms with Gasteiger partial charge in [0.1, 0.15) is 0 Å². The lowest BCUT2D eigenvalue weighted by molar-refractivity contribution is 0.171. The van der Waals surface area contributed by atoms with Crippen molar-refractivity contribution < 1.29 is 22.3 Å². The van der Waals surface area contributed by atoms with E-state index in [1.807, 2.05) is 0 Å². The van der Waals surface area contributed by atoms with Gasteiger partial charge in [-0.2, -0.15) is 4.39 Å². The summed E-state index contributed by atoms with van der Waals surface area (Å²) >= 11 is 0. The molecule has 2 fully saturated rings. The van der Waals surface area contributed by atoms with Crippen molar-refractivity contribution in [1.29, 1.82) is 0 Å². The van der Waals surface area contributed by atoms with E-state index in [2.05, 4.69) is 19.6 Å². The standard InChI is InChI=1S/C41H50F4O/c1-3-5-6-7-8-9-10-27-46-37-26-25-36(40(44)41(37)45)33-21-19-32(20-22-33)35-24-23-34(38(42)39(35)43)31-17-15-30(16-18-31)29-13-11-28(4-2)12-14-29/h4,19-26,28-31H,2-3,5-18,27H2,1H3. The Morgan fingerprint density at radius 3 is 1.72 bits per heavy atom. The van der Waals surface area contributed by atoms with E-state index in [0.717, 1.165) is 50.9 Å². The van der Waals surface area contributed by atoms with Crippen LogP contribution in [0, 0.1) is 41.0 Å². The minimum Gasteiger partial charge on any atom is -0.490 e. The minimum absolute atomic E-state index is 0.0343. The fourth-order valence-electron chi connectivity index (χ4n) is 7.79. The lowest BCUT2D eigenvalue weighted by Crippen LogP contribution is -2.25. The summed E-state index contributed by atoms with van der Waals surface area (Å²) in [6, 6.07) is 12.8. The van der Waals surface area contributed by atoms with Gasteiger partial charge in [0.15, 0.2) is 23.2 Å². The third kappa shape index (κ3) is 8.25. The molecule has 1 nitrogen and oxygen atoms in total. The van der Waals surface area contributed by atoms with Gasteiger partial charge in [0.2, 0.25) is 5.82 Å². The Bertz CT molecular complexity index is 1420. The van der Waals surface area contributed by atoms with Crippen LogP contribution in [0.3, 0.4) is 0 Å². The smallest absolute Gasteiger partial charge is 0.201 e. The van der Waals surface area contributed by atoms with E-state index in [4.69, 9.17) is 4.74 Å². The monoisotopic (exact) mass is 634 g/mol. The molecule has 0 amide bonds. The van der Waals surface area contributed by atoms with Crippen molar-refractivity contribution in [2.24, 2.45) is 17.8 Å². The van der Waals surface area contributed by atoms with Crippen molar-refractivity contribution in [2.75, 3.05) is 6.61 Å². The van der Waals surface area contributed by atoms with Crippen molar-refractivity contribution in [3.05, 3.63) is 90.0 Å². The molecule has 0 unspecified atom stereocenters. The quantitative estimate of drug-likeness (QED) is 0.0974. The first-order chi connectivity index (χ1) is 22.4. The second-order valence-corrected chi connectivity index (χ2v) is 13.6. The Morgan fingerprint density at radius 1 is 0.609 bits per heavy atom. The van der Waals surface area contributed by atoms with Gasteiger partial charge >= 0.3 is 0 Å². The molecule has 2 saturated carbocycles.